The van der Waals surface area contributed by atoms with E-state index in [1.165, 1.54) is 11.1 Å². The van der Waals surface area contributed by atoms with Crippen LogP contribution in [-0.4, -0.2) is 52.1 Å². The van der Waals surface area contributed by atoms with Crippen molar-refractivity contribution in [1.82, 2.24) is 20.0 Å². The van der Waals surface area contributed by atoms with Gasteiger partial charge in [-0.05, 0) is 11.4 Å². The molecule has 2 aromatic heterocycles. The maximum Gasteiger partial charge on any atom is 0.274 e. The van der Waals surface area contributed by atoms with Crippen LogP contribution < -0.4 is 5.73 Å². The largest absolute Gasteiger partial charge is 0.396 e. The molecule has 3 N–H and O–H groups in total. The predicted molar refractivity (Wildman–Crippen MR) is 78.5 cm³/mol. The summed E-state index contributed by atoms with van der Waals surface area (Å²) < 4.78 is 0. The Balaban J connectivity index is 1.56. The summed E-state index contributed by atoms with van der Waals surface area (Å²) in [6.45, 7) is 4.19. The lowest BCUT2D eigenvalue weighted by molar-refractivity contribution is 0.0625. The van der Waals surface area contributed by atoms with Crippen LogP contribution in [0.1, 0.15) is 15.4 Å². The zero-order valence-electron chi connectivity index (χ0n) is 11.1. The predicted octanol–water partition coefficient (Wildman–Crippen LogP) is 1.01. The van der Waals surface area contributed by atoms with Crippen molar-refractivity contribution in [3.8, 4) is 0 Å². The quantitative estimate of drug-likeness (QED) is 0.884. The third-order valence-electron chi connectivity index (χ3n) is 3.50. The Bertz CT molecular complexity index is 571. The summed E-state index contributed by atoms with van der Waals surface area (Å²) in [5.74, 6) is -0.0595. The average molecular weight is 291 g/mol. The summed E-state index contributed by atoms with van der Waals surface area (Å²) in [6.07, 6.45) is 1.47. The molecule has 20 heavy (non-hydrogen) atoms. The van der Waals surface area contributed by atoms with E-state index in [0.29, 0.717) is 11.4 Å². The molecule has 1 aliphatic heterocycles. The minimum Gasteiger partial charge on any atom is -0.396 e. The number of hydrogen-bond acceptors (Lipinski definition) is 5. The number of nitrogens with one attached hydrogen (secondary N) is 1. The van der Waals surface area contributed by atoms with E-state index in [1.807, 2.05) is 4.90 Å². The minimum absolute atomic E-state index is 0.0595. The Morgan fingerprint density at radius 3 is 2.80 bits per heavy atom. The first kappa shape index (κ1) is 13.1. The van der Waals surface area contributed by atoms with Gasteiger partial charge in [0, 0.05) is 37.6 Å². The summed E-state index contributed by atoms with van der Waals surface area (Å²) in [4.78, 5) is 17.8. The first-order valence-electron chi connectivity index (χ1n) is 6.57. The Morgan fingerprint density at radius 2 is 2.20 bits per heavy atom. The molecule has 3 heterocycles. The van der Waals surface area contributed by atoms with Crippen LogP contribution >= 0.6 is 11.3 Å². The lowest BCUT2D eigenvalue weighted by Crippen LogP contribution is -2.48. The molecular formula is C13H17N5OS. The number of aromatic nitrogens is 2. The van der Waals surface area contributed by atoms with Gasteiger partial charge in [0.2, 0.25) is 0 Å². The monoisotopic (exact) mass is 291 g/mol. The van der Waals surface area contributed by atoms with Gasteiger partial charge in [0.05, 0.1) is 11.9 Å². The van der Waals surface area contributed by atoms with Gasteiger partial charge in [-0.2, -0.15) is 5.10 Å². The first-order valence-corrected chi connectivity index (χ1v) is 7.45. The van der Waals surface area contributed by atoms with Crippen LogP contribution in [0.15, 0.2) is 23.7 Å². The summed E-state index contributed by atoms with van der Waals surface area (Å²) in [5, 5.41) is 8.56. The lowest BCUT2D eigenvalue weighted by atomic mass is 10.2. The standard InChI is InChI=1S/C13H17N5OS/c14-11-8-15-16-12(11)13(19)18-5-3-17(4-6-18)9-10-2-1-7-20-10/h1-2,7-8H,3-6,9,14H2,(H,15,16). The number of carbonyl (C=O) groups excluding carboxylic acids is 1. The molecular weight excluding hydrogens is 274 g/mol. The smallest absolute Gasteiger partial charge is 0.274 e. The van der Waals surface area contributed by atoms with Gasteiger partial charge in [0.1, 0.15) is 5.69 Å². The van der Waals surface area contributed by atoms with Gasteiger partial charge in [-0.15, -0.1) is 11.3 Å². The molecule has 1 aliphatic rings. The van der Waals surface area contributed by atoms with Crippen molar-refractivity contribution in [1.29, 1.82) is 0 Å². The van der Waals surface area contributed by atoms with E-state index >= 15 is 0 Å². The molecule has 0 saturated carbocycles. The number of amides is 1. The van der Waals surface area contributed by atoms with Crippen molar-refractivity contribution in [2.75, 3.05) is 31.9 Å². The van der Waals surface area contributed by atoms with E-state index in [-0.39, 0.29) is 5.91 Å². The van der Waals surface area contributed by atoms with Crippen molar-refractivity contribution >= 4 is 22.9 Å². The van der Waals surface area contributed by atoms with Gasteiger partial charge in [-0.25, -0.2) is 0 Å². The fourth-order valence-electron chi connectivity index (χ4n) is 2.36. The van der Waals surface area contributed by atoms with Crippen LogP contribution in [0.3, 0.4) is 0 Å². The number of aromatic amines is 1. The van der Waals surface area contributed by atoms with Gasteiger partial charge >= 0.3 is 0 Å². The molecule has 0 aliphatic carbocycles. The molecule has 1 fully saturated rings. The van der Waals surface area contributed by atoms with Crippen molar-refractivity contribution in [2.45, 2.75) is 6.54 Å². The molecule has 3 rings (SSSR count). The number of hydrogen-bond donors (Lipinski definition) is 2. The molecule has 0 unspecified atom stereocenters. The molecule has 0 radical (unpaired) electrons. The van der Waals surface area contributed by atoms with Crippen LogP contribution in [-0.2, 0) is 6.54 Å². The van der Waals surface area contributed by atoms with E-state index < -0.39 is 0 Å². The Labute approximate surface area is 121 Å². The third kappa shape index (κ3) is 2.68. The Kier molecular flexibility index (Phi) is 3.70. The average Bonchev–Trinajstić information content (AvgIpc) is 3.10. The van der Waals surface area contributed by atoms with Crippen molar-refractivity contribution in [3.05, 3.63) is 34.3 Å². The van der Waals surface area contributed by atoms with Gasteiger partial charge < -0.3 is 10.6 Å². The SMILES string of the molecule is Nc1cn[nH]c1C(=O)N1CCN(Cc2cccs2)CC1. The molecule has 106 valence electrons. The van der Waals surface area contributed by atoms with Gasteiger partial charge in [-0.3, -0.25) is 14.8 Å². The van der Waals surface area contributed by atoms with Crippen LogP contribution in [0, 0.1) is 0 Å². The second kappa shape index (κ2) is 5.64. The fourth-order valence-corrected chi connectivity index (χ4v) is 3.10. The highest BCUT2D eigenvalue weighted by Crippen LogP contribution is 2.15. The maximum atomic E-state index is 12.3. The number of nitrogens with zero attached hydrogens (tertiary/aromatic N) is 3. The second-order valence-electron chi connectivity index (χ2n) is 4.85. The normalized spacial score (nSPS) is 16.5. The number of anilines is 1. The molecule has 1 amide bonds. The van der Waals surface area contributed by atoms with Gasteiger partial charge in [-0.1, -0.05) is 6.07 Å². The number of carbonyl (C=O) groups is 1. The number of thiophene rings is 1. The second-order valence-corrected chi connectivity index (χ2v) is 5.88. The molecule has 6 nitrogen and oxygen atoms in total. The molecule has 0 aromatic carbocycles. The third-order valence-corrected chi connectivity index (χ3v) is 4.36. The van der Waals surface area contributed by atoms with Crippen LogP contribution in [0.2, 0.25) is 0 Å². The highest BCUT2D eigenvalue weighted by Gasteiger charge is 2.24. The summed E-state index contributed by atoms with van der Waals surface area (Å²) in [5.41, 5.74) is 6.53. The highest BCUT2D eigenvalue weighted by atomic mass is 32.1. The first-order chi connectivity index (χ1) is 9.74. The Morgan fingerprint density at radius 1 is 1.40 bits per heavy atom. The zero-order valence-corrected chi connectivity index (χ0v) is 11.9. The van der Waals surface area contributed by atoms with Crippen LogP contribution in [0.25, 0.3) is 0 Å². The van der Waals surface area contributed by atoms with Gasteiger partial charge in [0.15, 0.2) is 0 Å². The van der Waals surface area contributed by atoms with E-state index in [0.717, 1.165) is 32.7 Å². The zero-order chi connectivity index (χ0) is 13.9. The minimum atomic E-state index is -0.0595. The van der Waals surface area contributed by atoms with E-state index in [2.05, 4.69) is 32.6 Å². The van der Waals surface area contributed by atoms with Crippen LogP contribution in [0.4, 0.5) is 5.69 Å². The van der Waals surface area contributed by atoms with Gasteiger partial charge in [0.25, 0.3) is 5.91 Å². The van der Waals surface area contributed by atoms with Crippen molar-refractivity contribution < 1.29 is 4.79 Å². The van der Waals surface area contributed by atoms with E-state index in [4.69, 9.17) is 5.73 Å². The molecule has 0 bridgehead atoms. The summed E-state index contributed by atoms with van der Waals surface area (Å²) >= 11 is 1.77. The number of H-pyrrole nitrogens is 1. The number of nitrogens with two attached hydrogens (primary N) is 1. The fraction of sp³-hybridized carbons (Fsp3) is 0.385. The maximum absolute atomic E-state index is 12.3. The summed E-state index contributed by atoms with van der Waals surface area (Å²) in [7, 11) is 0. The van der Waals surface area contributed by atoms with E-state index in [9.17, 15) is 4.79 Å². The summed E-state index contributed by atoms with van der Waals surface area (Å²) in [6, 6.07) is 4.22. The number of rotatable bonds is 3. The lowest BCUT2D eigenvalue weighted by Gasteiger charge is -2.34. The van der Waals surface area contributed by atoms with Crippen molar-refractivity contribution in [2.24, 2.45) is 0 Å². The molecule has 0 spiro atoms. The molecule has 0 atom stereocenters. The molecule has 7 heteroatoms. The van der Waals surface area contributed by atoms with Crippen LogP contribution in [0.5, 0.6) is 0 Å². The molecule has 1 saturated heterocycles. The molecule has 2 aromatic rings. The number of piperazine rings is 1. The topological polar surface area (TPSA) is 78.2 Å². The number of nitrogen functional groups attached to an aromatic ring is 1. The Hall–Kier alpha value is -1.86. The van der Waals surface area contributed by atoms with E-state index in [1.54, 1.807) is 11.3 Å². The van der Waals surface area contributed by atoms with Crippen molar-refractivity contribution in [3.63, 3.8) is 0 Å². The highest BCUT2D eigenvalue weighted by molar-refractivity contribution is 7.09.